The molecular formula is C24H28N6O2. The van der Waals surface area contributed by atoms with E-state index in [1.807, 2.05) is 23.7 Å². The molecule has 0 atom stereocenters. The molecule has 5 rings (SSSR count). The molecule has 0 radical (unpaired) electrons. The number of aromatic nitrogens is 4. The van der Waals surface area contributed by atoms with Crippen LogP contribution in [-0.2, 0) is 24.9 Å². The van der Waals surface area contributed by atoms with Crippen molar-refractivity contribution in [3.8, 4) is 5.69 Å². The highest BCUT2D eigenvalue weighted by Crippen LogP contribution is 2.27. The third-order valence-electron chi connectivity index (χ3n) is 5.89. The Bertz CT molecular complexity index is 1360. The van der Waals surface area contributed by atoms with E-state index in [0.717, 1.165) is 36.6 Å². The Morgan fingerprint density at radius 3 is 2.81 bits per heavy atom. The number of benzene rings is 1. The lowest BCUT2D eigenvalue weighted by molar-refractivity contribution is 0.409. The molecule has 0 unspecified atom stereocenters. The number of furan rings is 1. The van der Waals surface area contributed by atoms with Crippen LogP contribution in [0, 0.1) is 0 Å². The smallest absolute Gasteiger partial charge is 0.278 e. The van der Waals surface area contributed by atoms with Crippen molar-refractivity contribution in [3.05, 3.63) is 64.0 Å². The maximum absolute atomic E-state index is 13.0. The van der Waals surface area contributed by atoms with Crippen LogP contribution in [0.3, 0.4) is 0 Å². The van der Waals surface area contributed by atoms with E-state index in [1.54, 1.807) is 17.1 Å². The van der Waals surface area contributed by atoms with Crippen LogP contribution in [0.5, 0.6) is 0 Å². The minimum absolute atomic E-state index is 0.118. The number of nitrogens with one attached hydrogen (secondary N) is 2. The number of fused-ring (bicyclic) bond motifs is 2. The van der Waals surface area contributed by atoms with Crippen LogP contribution in [-0.4, -0.2) is 25.9 Å². The quantitative estimate of drug-likeness (QED) is 0.509. The molecule has 0 spiro atoms. The molecule has 0 bridgehead atoms. The Hall–Kier alpha value is -3.39. The van der Waals surface area contributed by atoms with E-state index in [0.29, 0.717) is 23.5 Å². The van der Waals surface area contributed by atoms with E-state index in [-0.39, 0.29) is 11.0 Å². The maximum Gasteiger partial charge on any atom is 0.278 e. The predicted molar refractivity (Wildman–Crippen MR) is 125 cm³/mol. The normalized spacial score (nSPS) is 14.0. The van der Waals surface area contributed by atoms with E-state index in [9.17, 15) is 4.79 Å². The molecule has 0 saturated carbocycles. The number of anilines is 2. The van der Waals surface area contributed by atoms with Gasteiger partial charge >= 0.3 is 0 Å². The van der Waals surface area contributed by atoms with Gasteiger partial charge in [0.05, 0.1) is 0 Å². The summed E-state index contributed by atoms with van der Waals surface area (Å²) >= 11 is 0. The first-order valence-electron chi connectivity index (χ1n) is 11.0. The van der Waals surface area contributed by atoms with Crippen LogP contribution in [0.2, 0.25) is 0 Å². The van der Waals surface area contributed by atoms with Crippen LogP contribution in [0.15, 0.2) is 45.9 Å². The molecule has 0 amide bonds. The highest BCUT2D eigenvalue weighted by Gasteiger charge is 2.22. The summed E-state index contributed by atoms with van der Waals surface area (Å²) in [6.07, 6.45) is 4.31. The summed E-state index contributed by atoms with van der Waals surface area (Å²) in [7, 11) is 0. The van der Waals surface area contributed by atoms with Gasteiger partial charge in [-0.05, 0) is 43.1 Å². The van der Waals surface area contributed by atoms with Gasteiger partial charge in [0.2, 0.25) is 5.95 Å². The summed E-state index contributed by atoms with van der Waals surface area (Å²) in [4.78, 5) is 22.1. The van der Waals surface area contributed by atoms with Crippen molar-refractivity contribution in [2.24, 2.45) is 0 Å². The number of hydrogen-bond acceptors (Lipinski definition) is 6. The van der Waals surface area contributed by atoms with Gasteiger partial charge in [0.25, 0.3) is 5.56 Å². The number of hydrogen-bond donors (Lipinski definition) is 2. The van der Waals surface area contributed by atoms with Gasteiger partial charge in [0.15, 0.2) is 5.65 Å². The highest BCUT2D eigenvalue weighted by molar-refractivity contribution is 5.77. The van der Waals surface area contributed by atoms with Crippen molar-refractivity contribution in [1.29, 1.82) is 0 Å². The van der Waals surface area contributed by atoms with Crippen molar-refractivity contribution < 1.29 is 4.42 Å². The van der Waals surface area contributed by atoms with E-state index >= 15 is 0 Å². The molecule has 32 heavy (non-hydrogen) atoms. The summed E-state index contributed by atoms with van der Waals surface area (Å²) in [5, 5.41) is 7.18. The molecule has 8 nitrogen and oxygen atoms in total. The molecule has 8 heteroatoms. The van der Waals surface area contributed by atoms with Gasteiger partial charge in [-0.1, -0.05) is 26.8 Å². The van der Waals surface area contributed by atoms with E-state index in [4.69, 9.17) is 9.40 Å². The Kier molecular flexibility index (Phi) is 4.89. The molecule has 0 saturated heterocycles. The first kappa shape index (κ1) is 20.5. The minimum atomic E-state index is -0.137. The van der Waals surface area contributed by atoms with Gasteiger partial charge in [0, 0.05) is 36.5 Å². The molecule has 4 aromatic rings. The molecule has 2 N–H and O–H groups in total. The lowest BCUT2D eigenvalue weighted by atomic mass is 9.93. The molecule has 0 fully saturated rings. The second-order valence-electron chi connectivity index (χ2n) is 9.22. The fourth-order valence-corrected chi connectivity index (χ4v) is 4.15. The first-order chi connectivity index (χ1) is 15.3. The third-order valence-corrected chi connectivity index (χ3v) is 5.89. The van der Waals surface area contributed by atoms with Crippen molar-refractivity contribution >= 4 is 22.7 Å². The van der Waals surface area contributed by atoms with Crippen molar-refractivity contribution in [3.63, 3.8) is 0 Å². The summed E-state index contributed by atoms with van der Waals surface area (Å²) in [5.74, 6) is 1.29. The average Bonchev–Trinajstić information content (AvgIpc) is 3.36. The lowest BCUT2D eigenvalue weighted by Gasteiger charge is -2.18. The summed E-state index contributed by atoms with van der Waals surface area (Å²) in [5.41, 5.74) is 4.64. The molecular weight excluding hydrogens is 404 g/mol. The molecule has 1 aliphatic heterocycles. The zero-order chi connectivity index (χ0) is 22.5. The predicted octanol–water partition coefficient (Wildman–Crippen LogP) is 3.88. The molecule has 3 aromatic heterocycles. The van der Waals surface area contributed by atoms with Crippen molar-refractivity contribution in [2.45, 2.75) is 52.6 Å². The van der Waals surface area contributed by atoms with Crippen LogP contribution < -0.4 is 16.2 Å². The van der Waals surface area contributed by atoms with Crippen LogP contribution >= 0.6 is 0 Å². The molecule has 1 aromatic carbocycles. The van der Waals surface area contributed by atoms with Gasteiger partial charge in [-0.15, -0.1) is 0 Å². The molecule has 166 valence electrons. The Morgan fingerprint density at radius 1 is 1.22 bits per heavy atom. The molecule has 4 heterocycles. The average molecular weight is 433 g/mol. The van der Waals surface area contributed by atoms with Crippen LogP contribution in [0.25, 0.3) is 16.7 Å². The summed E-state index contributed by atoms with van der Waals surface area (Å²) in [6, 6.07) is 8.30. The lowest BCUT2D eigenvalue weighted by Crippen LogP contribution is -2.23. The van der Waals surface area contributed by atoms with Gasteiger partial charge in [-0.3, -0.25) is 4.79 Å². The van der Waals surface area contributed by atoms with E-state index in [2.05, 4.69) is 48.5 Å². The molecule has 0 aliphatic carbocycles. The maximum atomic E-state index is 13.0. The van der Waals surface area contributed by atoms with Crippen molar-refractivity contribution in [2.75, 3.05) is 11.9 Å². The third kappa shape index (κ3) is 3.50. The fourth-order valence-electron chi connectivity index (χ4n) is 4.15. The van der Waals surface area contributed by atoms with Gasteiger partial charge < -0.3 is 15.1 Å². The summed E-state index contributed by atoms with van der Waals surface area (Å²) in [6.45, 7) is 10.6. The monoisotopic (exact) mass is 432 g/mol. The highest BCUT2D eigenvalue weighted by atomic mass is 16.3. The standard InChI is InChI=1S/C24H28N6O2/c1-5-29-22(31)19-13-26-23(27-17-7-6-15-8-9-25-12-16(15)10-17)28-21(19)30(29)18-11-20(32-14-18)24(2,3)4/h6-7,10-11,13-14,25H,5,8-9,12H2,1-4H3,(H,26,27,28). The molecule has 1 aliphatic rings. The van der Waals surface area contributed by atoms with Gasteiger partial charge in [-0.2, -0.15) is 4.98 Å². The Morgan fingerprint density at radius 2 is 2.06 bits per heavy atom. The largest absolute Gasteiger partial charge is 0.466 e. The van der Waals surface area contributed by atoms with E-state index < -0.39 is 0 Å². The van der Waals surface area contributed by atoms with Gasteiger partial charge in [-0.25, -0.2) is 14.3 Å². The number of nitrogens with zero attached hydrogens (tertiary/aromatic N) is 4. The van der Waals surface area contributed by atoms with Crippen LogP contribution in [0.4, 0.5) is 11.6 Å². The van der Waals surface area contributed by atoms with Crippen molar-refractivity contribution in [1.82, 2.24) is 24.6 Å². The Labute approximate surface area is 186 Å². The first-order valence-corrected chi connectivity index (χ1v) is 11.0. The minimum Gasteiger partial charge on any atom is -0.466 e. The number of rotatable bonds is 4. The second kappa shape index (κ2) is 7.63. The fraction of sp³-hybridized carbons (Fsp3) is 0.375. The SMILES string of the molecule is CCn1c(=O)c2cnc(Nc3ccc4c(c3)CNCC4)nc2n1-c1coc(C(C)(C)C)c1. The Balaban J connectivity index is 1.58. The zero-order valence-corrected chi connectivity index (χ0v) is 18.9. The summed E-state index contributed by atoms with van der Waals surface area (Å²) < 4.78 is 9.30. The van der Waals surface area contributed by atoms with Gasteiger partial charge in [0.1, 0.15) is 23.1 Å². The second-order valence-corrected chi connectivity index (χ2v) is 9.22. The van der Waals surface area contributed by atoms with Crippen LogP contribution in [0.1, 0.15) is 44.6 Å². The van der Waals surface area contributed by atoms with E-state index in [1.165, 1.54) is 11.1 Å². The zero-order valence-electron chi connectivity index (χ0n) is 18.9. The topological polar surface area (TPSA) is 89.9 Å².